The Labute approximate surface area is 158 Å². The second kappa shape index (κ2) is 8.30. The van der Waals surface area contributed by atoms with Gasteiger partial charge in [0.15, 0.2) is 0 Å². The van der Waals surface area contributed by atoms with Gasteiger partial charge in [-0.1, -0.05) is 52.9 Å². The predicted molar refractivity (Wildman–Crippen MR) is 94.5 cm³/mol. The van der Waals surface area contributed by atoms with Crippen LogP contribution in [0.1, 0.15) is 30.0 Å². The second-order valence-corrected chi connectivity index (χ2v) is 6.37. The van der Waals surface area contributed by atoms with E-state index in [1.807, 2.05) is 0 Å². The highest BCUT2D eigenvalue weighted by Crippen LogP contribution is 2.34. The summed E-state index contributed by atoms with van der Waals surface area (Å²) in [4.78, 5) is 5.21. The summed E-state index contributed by atoms with van der Waals surface area (Å²) in [5.74, 6) is 0. The van der Waals surface area contributed by atoms with Crippen LogP contribution in [0.4, 0.5) is 13.2 Å². The molecular formula is C17H13Cl3F3NO. The van der Waals surface area contributed by atoms with Gasteiger partial charge < -0.3 is 4.84 Å². The standard InChI is InChI=1S/C17H13Cl3F3NO/c1-2-16(13-7-11(18)5-6-14(13)17(21,22)23)24-25-9-10-3-4-12(19)8-15(10)20/h3-8H,2,9H2,1H3. The minimum atomic E-state index is -4.52. The van der Waals surface area contributed by atoms with Crippen LogP contribution < -0.4 is 0 Å². The Balaban J connectivity index is 2.27. The predicted octanol–water partition coefficient (Wildman–Crippen LogP) is 7.00. The van der Waals surface area contributed by atoms with E-state index < -0.39 is 11.7 Å². The maximum absolute atomic E-state index is 13.2. The monoisotopic (exact) mass is 409 g/mol. The van der Waals surface area contributed by atoms with Crippen LogP contribution in [0.3, 0.4) is 0 Å². The Hall–Kier alpha value is -1.43. The number of hydrogen-bond acceptors (Lipinski definition) is 2. The lowest BCUT2D eigenvalue weighted by Gasteiger charge is -2.14. The molecule has 0 unspecified atom stereocenters. The van der Waals surface area contributed by atoms with Crippen molar-refractivity contribution in [3.63, 3.8) is 0 Å². The first-order valence-electron chi connectivity index (χ1n) is 7.22. The van der Waals surface area contributed by atoms with E-state index in [-0.39, 0.29) is 29.3 Å². The van der Waals surface area contributed by atoms with Crippen LogP contribution in [0.2, 0.25) is 15.1 Å². The molecule has 2 nitrogen and oxygen atoms in total. The summed E-state index contributed by atoms with van der Waals surface area (Å²) in [6.45, 7) is 1.68. The molecule has 0 saturated heterocycles. The summed E-state index contributed by atoms with van der Waals surface area (Å²) in [7, 11) is 0. The zero-order valence-corrected chi connectivity index (χ0v) is 15.3. The Morgan fingerprint density at radius 1 is 1.04 bits per heavy atom. The molecule has 0 aliphatic rings. The van der Waals surface area contributed by atoms with Crippen LogP contribution in [-0.2, 0) is 17.6 Å². The minimum absolute atomic E-state index is 0.00141. The van der Waals surface area contributed by atoms with Crippen molar-refractivity contribution in [2.24, 2.45) is 5.16 Å². The van der Waals surface area contributed by atoms with E-state index in [4.69, 9.17) is 39.6 Å². The number of rotatable bonds is 5. The molecule has 0 fully saturated rings. The summed E-state index contributed by atoms with van der Waals surface area (Å²) in [6.07, 6.45) is -4.28. The summed E-state index contributed by atoms with van der Waals surface area (Å²) in [5.41, 5.74) is -0.164. The van der Waals surface area contributed by atoms with Gasteiger partial charge in [0.25, 0.3) is 0 Å². The lowest BCUT2D eigenvalue weighted by molar-refractivity contribution is -0.137. The van der Waals surface area contributed by atoms with Crippen molar-refractivity contribution in [2.45, 2.75) is 26.1 Å². The summed E-state index contributed by atoms with van der Waals surface area (Å²) >= 11 is 17.7. The van der Waals surface area contributed by atoms with Gasteiger partial charge in [0, 0.05) is 26.2 Å². The summed E-state index contributed by atoms with van der Waals surface area (Å²) in [6, 6.07) is 8.19. The number of hydrogen-bond donors (Lipinski definition) is 0. The molecule has 2 aromatic carbocycles. The lowest BCUT2D eigenvalue weighted by Crippen LogP contribution is -2.13. The summed E-state index contributed by atoms with van der Waals surface area (Å²) in [5, 5.41) is 4.90. The third-order valence-corrected chi connectivity index (χ3v) is 4.16. The highest BCUT2D eigenvalue weighted by atomic mass is 35.5. The highest BCUT2D eigenvalue weighted by Gasteiger charge is 2.34. The van der Waals surface area contributed by atoms with Gasteiger partial charge in [0.1, 0.15) is 6.61 Å². The van der Waals surface area contributed by atoms with Crippen LogP contribution in [0.5, 0.6) is 0 Å². The average molecular weight is 411 g/mol. The quantitative estimate of drug-likeness (QED) is 0.384. The van der Waals surface area contributed by atoms with Crippen molar-refractivity contribution in [2.75, 3.05) is 0 Å². The van der Waals surface area contributed by atoms with Crippen molar-refractivity contribution in [3.8, 4) is 0 Å². The fourth-order valence-electron chi connectivity index (χ4n) is 2.13. The molecule has 0 aliphatic carbocycles. The molecule has 25 heavy (non-hydrogen) atoms. The number of nitrogens with zero attached hydrogens (tertiary/aromatic N) is 1. The first-order valence-corrected chi connectivity index (χ1v) is 8.35. The van der Waals surface area contributed by atoms with Gasteiger partial charge in [-0.15, -0.1) is 0 Å². The molecule has 0 saturated carbocycles. The SMILES string of the molecule is CCC(=NOCc1ccc(Cl)cc1Cl)c1cc(Cl)ccc1C(F)(F)F. The third kappa shape index (κ3) is 5.27. The van der Waals surface area contributed by atoms with Crippen LogP contribution >= 0.6 is 34.8 Å². The molecule has 2 rings (SSSR count). The van der Waals surface area contributed by atoms with Crippen molar-refractivity contribution in [1.82, 2.24) is 0 Å². The lowest BCUT2D eigenvalue weighted by atomic mass is 10.0. The molecule has 0 spiro atoms. The molecule has 134 valence electrons. The molecule has 0 N–H and O–H groups in total. The molecule has 0 bridgehead atoms. The molecule has 8 heteroatoms. The van der Waals surface area contributed by atoms with Gasteiger partial charge >= 0.3 is 6.18 Å². The minimum Gasteiger partial charge on any atom is -0.391 e. The molecular weight excluding hydrogens is 398 g/mol. The van der Waals surface area contributed by atoms with Gasteiger partial charge in [-0.05, 0) is 36.8 Å². The second-order valence-electron chi connectivity index (χ2n) is 5.09. The Bertz CT molecular complexity index is 791. The molecule has 0 aliphatic heterocycles. The van der Waals surface area contributed by atoms with Crippen LogP contribution in [0, 0.1) is 0 Å². The van der Waals surface area contributed by atoms with E-state index in [1.165, 1.54) is 12.1 Å². The first kappa shape index (κ1) is 19.9. The first-order chi connectivity index (χ1) is 11.7. The van der Waals surface area contributed by atoms with Crippen LogP contribution in [0.25, 0.3) is 0 Å². The van der Waals surface area contributed by atoms with Gasteiger partial charge in [0.05, 0.1) is 11.3 Å². The van der Waals surface area contributed by atoms with Crippen molar-refractivity contribution in [3.05, 3.63) is 68.2 Å². The van der Waals surface area contributed by atoms with E-state index in [2.05, 4.69) is 5.16 Å². The van der Waals surface area contributed by atoms with E-state index >= 15 is 0 Å². The number of alkyl halides is 3. The Morgan fingerprint density at radius 2 is 1.68 bits per heavy atom. The van der Waals surface area contributed by atoms with Crippen molar-refractivity contribution < 1.29 is 18.0 Å². The zero-order chi connectivity index (χ0) is 18.6. The molecule has 0 aromatic heterocycles. The molecule has 0 amide bonds. The molecule has 0 atom stereocenters. The highest BCUT2D eigenvalue weighted by molar-refractivity contribution is 6.35. The fraction of sp³-hybridized carbons (Fsp3) is 0.235. The summed E-state index contributed by atoms with van der Waals surface area (Å²) < 4.78 is 39.6. The van der Waals surface area contributed by atoms with Crippen LogP contribution in [-0.4, -0.2) is 5.71 Å². The number of halogens is 6. The zero-order valence-electron chi connectivity index (χ0n) is 13.0. The maximum atomic E-state index is 13.2. The van der Waals surface area contributed by atoms with Gasteiger partial charge in [-0.3, -0.25) is 0 Å². The number of benzene rings is 2. The Kier molecular flexibility index (Phi) is 6.60. The van der Waals surface area contributed by atoms with Gasteiger partial charge in [0.2, 0.25) is 0 Å². The molecule has 0 radical (unpaired) electrons. The van der Waals surface area contributed by atoms with Gasteiger partial charge in [-0.25, -0.2) is 0 Å². The topological polar surface area (TPSA) is 21.6 Å². The Morgan fingerprint density at radius 3 is 2.28 bits per heavy atom. The van der Waals surface area contributed by atoms with Crippen molar-refractivity contribution in [1.29, 1.82) is 0 Å². The van der Waals surface area contributed by atoms with E-state index in [0.717, 1.165) is 6.07 Å². The number of oxime groups is 1. The normalized spacial score (nSPS) is 12.4. The van der Waals surface area contributed by atoms with Crippen LogP contribution in [0.15, 0.2) is 41.6 Å². The van der Waals surface area contributed by atoms with Crippen molar-refractivity contribution >= 4 is 40.5 Å². The average Bonchev–Trinajstić information content (AvgIpc) is 2.52. The third-order valence-electron chi connectivity index (χ3n) is 3.34. The smallest absolute Gasteiger partial charge is 0.391 e. The van der Waals surface area contributed by atoms with E-state index in [0.29, 0.717) is 15.6 Å². The molecule has 2 aromatic rings. The van der Waals surface area contributed by atoms with Gasteiger partial charge in [-0.2, -0.15) is 13.2 Å². The largest absolute Gasteiger partial charge is 0.417 e. The molecule has 0 heterocycles. The maximum Gasteiger partial charge on any atom is 0.417 e. The fourth-order valence-corrected chi connectivity index (χ4v) is 2.76. The van der Waals surface area contributed by atoms with E-state index in [1.54, 1.807) is 25.1 Å². The van der Waals surface area contributed by atoms with E-state index in [9.17, 15) is 13.2 Å².